The number of benzene rings is 1. The topological polar surface area (TPSA) is 97.7 Å². The molecule has 2 N–H and O–H groups in total. The van der Waals surface area contributed by atoms with Crippen LogP contribution >= 0.6 is 11.8 Å². The van der Waals surface area contributed by atoms with Crippen molar-refractivity contribution in [1.82, 2.24) is 24.5 Å². The SMILES string of the molecule is COc1ccc(CNc2nc(SC)nc3c2[nH]c(=O)n3Cc2ccncc2)cc1. The van der Waals surface area contributed by atoms with Gasteiger partial charge in [-0.25, -0.2) is 14.8 Å². The molecule has 8 nitrogen and oxygen atoms in total. The van der Waals surface area contributed by atoms with Gasteiger partial charge in [0.1, 0.15) is 11.3 Å². The molecule has 9 heteroatoms. The molecule has 0 bridgehead atoms. The smallest absolute Gasteiger partial charge is 0.328 e. The number of fused-ring (bicyclic) bond motifs is 1. The Labute approximate surface area is 171 Å². The average molecular weight is 408 g/mol. The maximum Gasteiger partial charge on any atom is 0.328 e. The Hall–Kier alpha value is -3.33. The van der Waals surface area contributed by atoms with Gasteiger partial charge in [0, 0.05) is 18.9 Å². The highest BCUT2D eigenvalue weighted by molar-refractivity contribution is 7.98. The van der Waals surface area contributed by atoms with E-state index in [1.54, 1.807) is 24.1 Å². The standard InChI is InChI=1S/C20H20N6O2S/c1-28-15-5-3-13(4-6-15)11-22-17-16-18(25-19(24-17)29-2)26(20(27)23-16)12-14-7-9-21-10-8-14/h3-10H,11-12H2,1-2H3,(H,23,27)(H,22,24,25). The molecule has 0 saturated carbocycles. The van der Waals surface area contributed by atoms with Crippen LogP contribution in [0.4, 0.5) is 5.82 Å². The van der Waals surface area contributed by atoms with Crippen molar-refractivity contribution in [3.05, 3.63) is 70.4 Å². The number of hydrogen-bond donors (Lipinski definition) is 2. The summed E-state index contributed by atoms with van der Waals surface area (Å²) in [6, 6.07) is 11.5. The number of H-pyrrole nitrogens is 1. The first-order chi connectivity index (χ1) is 14.2. The van der Waals surface area contributed by atoms with Gasteiger partial charge in [-0.1, -0.05) is 23.9 Å². The summed E-state index contributed by atoms with van der Waals surface area (Å²) >= 11 is 1.43. The Morgan fingerprint density at radius 2 is 1.86 bits per heavy atom. The second-order valence-corrected chi connectivity index (χ2v) is 7.10. The molecule has 0 aliphatic rings. The Morgan fingerprint density at radius 3 is 2.55 bits per heavy atom. The third-order valence-corrected chi connectivity index (χ3v) is 5.04. The molecule has 4 rings (SSSR count). The molecule has 0 spiro atoms. The van der Waals surface area contributed by atoms with E-state index in [9.17, 15) is 4.79 Å². The van der Waals surface area contributed by atoms with E-state index in [2.05, 4.69) is 25.3 Å². The van der Waals surface area contributed by atoms with Gasteiger partial charge in [0.2, 0.25) is 0 Å². The quantitative estimate of drug-likeness (QED) is 0.358. The fraction of sp³-hybridized carbons (Fsp3) is 0.200. The number of ether oxygens (including phenoxy) is 1. The maximum absolute atomic E-state index is 12.6. The van der Waals surface area contributed by atoms with Gasteiger partial charge >= 0.3 is 5.69 Å². The lowest BCUT2D eigenvalue weighted by Crippen LogP contribution is -2.17. The summed E-state index contributed by atoms with van der Waals surface area (Å²) in [5.74, 6) is 1.40. The lowest BCUT2D eigenvalue weighted by atomic mass is 10.2. The lowest BCUT2D eigenvalue weighted by molar-refractivity contribution is 0.414. The number of aromatic nitrogens is 5. The van der Waals surface area contributed by atoms with Gasteiger partial charge in [-0.15, -0.1) is 0 Å². The number of rotatable bonds is 7. The van der Waals surface area contributed by atoms with Crippen LogP contribution in [0.3, 0.4) is 0 Å². The fourth-order valence-electron chi connectivity index (χ4n) is 2.98. The van der Waals surface area contributed by atoms with Crippen molar-refractivity contribution >= 4 is 28.7 Å². The first-order valence-corrected chi connectivity index (χ1v) is 10.2. The van der Waals surface area contributed by atoms with Crippen LogP contribution in [-0.4, -0.2) is 37.9 Å². The van der Waals surface area contributed by atoms with E-state index >= 15 is 0 Å². The van der Waals surface area contributed by atoms with Gasteiger partial charge in [0.05, 0.1) is 13.7 Å². The van der Waals surface area contributed by atoms with Crippen LogP contribution in [0.5, 0.6) is 5.75 Å². The number of pyridine rings is 1. The van der Waals surface area contributed by atoms with Crippen LogP contribution in [0.15, 0.2) is 58.7 Å². The largest absolute Gasteiger partial charge is 0.497 e. The van der Waals surface area contributed by atoms with Gasteiger partial charge in [-0.2, -0.15) is 0 Å². The van der Waals surface area contributed by atoms with Crippen molar-refractivity contribution in [2.45, 2.75) is 18.2 Å². The number of imidazole rings is 1. The van der Waals surface area contributed by atoms with E-state index in [0.29, 0.717) is 35.2 Å². The van der Waals surface area contributed by atoms with E-state index < -0.39 is 0 Å². The van der Waals surface area contributed by atoms with Crippen molar-refractivity contribution in [2.75, 3.05) is 18.7 Å². The molecule has 3 aromatic heterocycles. The summed E-state index contributed by atoms with van der Waals surface area (Å²) in [5.41, 5.74) is 2.98. The van der Waals surface area contributed by atoms with Crippen molar-refractivity contribution in [1.29, 1.82) is 0 Å². The molecule has 0 radical (unpaired) electrons. The molecular formula is C20H20N6O2S. The van der Waals surface area contributed by atoms with E-state index in [0.717, 1.165) is 16.9 Å². The molecule has 4 aromatic rings. The van der Waals surface area contributed by atoms with Gasteiger partial charge in [-0.3, -0.25) is 9.55 Å². The van der Waals surface area contributed by atoms with Crippen molar-refractivity contribution < 1.29 is 4.74 Å². The average Bonchev–Trinajstić information content (AvgIpc) is 3.08. The molecule has 0 fully saturated rings. The fourth-order valence-corrected chi connectivity index (χ4v) is 3.34. The number of aromatic amines is 1. The van der Waals surface area contributed by atoms with Crippen LogP contribution in [-0.2, 0) is 13.1 Å². The van der Waals surface area contributed by atoms with Crippen LogP contribution < -0.4 is 15.7 Å². The summed E-state index contributed by atoms with van der Waals surface area (Å²) in [6.45, 7) is 0.964. The van der Waals surface area contributed by atoms with Gasteiger partial charge in [0.15, 0.2) is 16.6 Å². The number of nitrogens with one attached hydrogen (secondary N) is 2. The summed E-state index contributed by atoms with van der Waals surface area (Å²) in [7, 11) is 1.64. The number of methoxy groups -OCH3 is 1. The highest BCUT2D eigenvalue weighted by Gasteiger charge is 2.15. The zero-order valence-corrected chi connectivity index (χ0v) is 16.9. The third kappa shape index (κ3) is 4.09. The Bertz CT molecular complexity index is 1170. The van der Waals surface area contributed by atoms with Gasteiger partial charge < -0.3 is 15.0 Å². The van der Waals surface area contributed by atoms with Crippen LogP contribution in [0.1, 0.15) is 11.1 Å². The van der Waals surface area contributed by atoms with E-state index in [4.69, 9.17) is 4.74 Å². The number of anilines is 1. The van der Waals surface area contributed by atoms with E-state index in [-0.39, 0.29) is 5.69 Å². The molecule has 148 valence electrons. The van der Waals surface area contributed by atoms with Crippen molar-refractivity contribution in [2.24, 2.45) is 0 Å². The number of hydrogen-bond acceptors (Lipinski definition) is 7. The number of thioether (sulfide) groups is 1. The second-order valence-electron chi connectivity index (χ2n) is 6.33. The second kappa shape index (κ2) is 8.36. The molecule has 1 aromatic carbocycles. The van der Waals surface area contributed by atoms with Crippen LogP contribution in [0.2, 0.25) is 0 Å². The highest BCUT2D eigenvalue weighted by Crippen LogP contribution is 2.22. The molecule has 29 heavy (non-hydrogen) atoms. The minimum absolute atomic E-state index is 0.225. The zero-order chi connectivity index (χ0) is 20.2. The molecule has 0 atom stereocenters. The van der Waals surface area contributed by atoms with Gasteiger partial charge in [0.25, 0.3) is 0 Å². The first kappa shape index (κ1) is 19.0. The monoisotopic (exact) mass is 408 g/mol. The molecule has 0 aliphatic carbocycles. The summed E-state index contributed by atoms with van der Waals surface area (Å²) in [6.07, 6.45) is 5.32. The molecule has 0 saturated heterocycles. The first-order valence-electron chi connectivity index (χ1n) is 8.98. The molecule has 0 aliphatic heterocycles. The molecule has 0 unspecified atom stereocenters. The predicted octanol–water partition coefficient (Wildman–Crippen LogP) is 2.91. The molecular weight excluding hydrogens is 388 g/mol. The van der Waals surface area contributed by atoms with E-state index in [1.165, 1.54) is 11.8 Å². The predicted molar refractivity (Wildman–Crippen MR) is 114 cm³/mol. The Morgan fingerprint density at radius 1 is 1.10 bits per heavy atom. The van der Waals surface area contributed by atoms with Crippen molar-refractivity contribution in [3.63, 3.8) is 0 Å². The summed E-state index contributed by atoms with van der Waals surface area (Å²) in [4.78, 5) is 28.6. The van der Waals surface area contributed by atoms with E-state index in [1.807, 2.05) is 42.7 Å². The summed E-state index contributed by atoms with van der Waals surface area (Å²) < 4.78 is 6.81. The van der Waals surface area contributed by atoms with Crippen molar-refractivity contribution in [3.8, 4) is 5.75 Å². The molecule has 0 amide bonds. The zero-order valence-electron chi connectivity index (χ0n) is 16.0. The van der Waals surface area contributed by atoms with Crippen LogP contribution in [0.25, 0.3) is 11.2 Å². The van der Waals surface area contributed by atoms with Crippen LogP contribution in [0, 0.1) is 0 Å². The van der Waals surface area contributed by atoms with Gasteiger partial charge in [-0.05, 0) is 41.6 Å². The Balaban J connectivity index is 1.68. The third-order valence-electron chi connectivity index (χ3n) is 4.49. The maximum atomic E-state index is 12.6. The lowest BCUT2D eigenvalue weighted by Gasteiger charge is -2.09. The number of nitrogens with zero attached hydrogens (tertiary/aromatic N) is 4. The Kier molecular flexibility index (Phi) is 5.48. The highest BCUT2D eigenvalue weighted by atomic mass is 32.2. The normalized spacial score (nSPS) is 11.0. The summed E-state index contributed by atoms with van der Waals surface area (Å²) in [5, 5.41) is 3.92. The minimum Gasteiger partial charge on any atom is -0.497 e. The molecule has 3 heterocycles. The minimum atomic E-state index is -0.225.